The van der Waals surface area contributed by atoms with Crippen LogP contribution >= 0.6 is 0 Å². The largest absolute Gasteiger partial charge is 0.508 e. The van der Waals surface area contributed by atoms with Gasteiger partial charge in [-0.3, -0.25) is 10.2 Å². The van der Waals surface area contributed by atoms with E-state index in [4.69, 9.17) is 0 Å². The number of phenols is 2. The van der Waals surface area contributed by atoms with Gasteiger partial charge >= 0.3 is 0 Å². The number of benzene rings is 2. The van der Waals surface area contributed by atoms with Gasteiger partial charge in [0.1, 0.15) is 11.5 Å². The lowest BCUT2D eigenvalue weighted by atomic mass is 10.1. The molecule has 0 amide bonds. The second-order valence-electron chi connectivity index (χ2n) is 5.45. The SMILES string of the molecule is Cc1cc(=O)[nH]nc1-c1ccc(NN=Cc2ccc(O)cc2O)cc1. The number of aryl methyl sites for hydroxylation is 1. The quantitative estimate of drug-likeness (QED) is 0.432. The number of nitrogens with zero attached hydrogens (tertiary/aromatic N) is 2. The Bertz CT molecular complexity index is 978. The van der Waals surface area contributed by atoms with Crippen LogP contribution in [0.4, 0.5) is 5.69 Å². The van der Waals surface area contributed by atoms with E-state index >= 15 is 0 Å². The number of nitrogens with one attached hydrogen (secondary N) is 2. The molecule has 0 aliphatic carbocycles. The van der Waals surface area contributed by atoms with Gasteiger partial charge in [0.25, 0.3) is 5.56 Å². The van der Waals surface area contributed by atoms with Crippen LogP contribution in [0.25, 0.3) is 11.3 Å². The van der Waals surface area contributed by atoms with Crippen molar-refractivity contribution in [2.75, 3.05) is 5.43 Å². The third-order valence-corrected chi connectivity index (χ3v) is 3.57. The second-order valence-corrected chi connectivity index (χ2v) is 5.45. The number of hydrogen-bond acceptors (Lipinski definition) is 6. The summed E-state index contributed by atoms with van der Waals surface area (Å²) in [6.07, 6.45) is 1.45. The van der Waals surface area contributed by atoms with Gasteiger partial charge in [-0.2, -0.15) is 10.2 Å². The van der Waals surface area contributed by atoms with Crippen molar-refractivity contribution < 1.29 is 10.2 Å². The van der Waals surface area contributed by atoms with Gasteiger partial charge in [-0.1, -0.05) is 12.1 Å². The maximum absolute atomic E-state index is 11.2. The Balaban J connectivity index is 1.72. The molecule has 0 atom stereocenters. The molecule has 7 nitrogen and oxygen atoms in total. The molecule has 3 rings (SSSR count). The molecule has 126 valence electrons. The number of anilines is 1. The standard InChI is InChI=1S/C18H16N4O3/c1-11-8-17(25)21-22-18(11)12-2-5-14(6-3-12)20-19-10-13-4-7-15(23)9-16(13)24/h2-10,20,23-24H,1H3,(H,21,25). The lowest BCUT2D eigenvalue weighted by molar-refractivity contribution is 0.450. The average molecular weight is 336 g/mol. The number of H-pyrrole nitrogens is 1. The molecule has 2 aromatic carbocycles. The van der Waals surface area contributed by atoms with Crippen molar-refractivity contribution in [3.63, 3.8) is 0 Å². The summed E-state index contributed by atoms with van der Waals surface area (Å²) in [6, 6.07) is 13.2. The van der Waals surface area contributed by atoms with Gasteiger partial charge in [0.15, 0.2) is 0 Å². The predicted octanol–water partition coefficient (Wildman–Crippen LogP) is 2.60. The zero-order valence-corrected chi connectivity index (χ0v) is 13.4. The van der Waals surface area contributed by atoms with Crippen LogP contribution in [-0.2, 0) is 0 Å². The molecule has 1 aromatic heterocycles. The molecule has 7 heteroatoms. The summed E-state index contributed by atoms with van der Waals surface area (Å²) in [5.74, 6) is -0.0649. The molecule has 1 heterocycles. The third kappa shape index (κ3) is 3.84. The first-order valence-corrected chi connectivity index (χ1v) is 7.51. The Kier molecular flexibility index (Phi) is 4.47. The van der Waals surface area contributed by atoms with E-state index in [2.05, 4.69) is 20.7 Å². The molecule has 0 fully saturated rings. The first-order chi connectivity index (χ1) is 12.0. The fourth-order valence-electron chi connectivity index (χ4n) is 2.31. The topological polar surface area (TPSA) is 111 Å². The first-order valence-electron chi connectivity index (χ1n) is 7.51. The van der Waals surface area contributed by atoms with Crippen LogP contribution in [0.15, 0.2) is 58.4 Å². The van der Waals surface area contributed by atoms with E-state index in [1.165, 1.54) is 24.4 Å². The van der Waals surface area contributed by atoms with E-state index in [-0.39, 0.29) is 17.1 Å². The number of rotatable bonds is 4. The van der Waals surface area contributed by atoms with Gasteiger partial charge in [0.05, 0.1) is 17.6 Å². The fourth-order valence-corrected chi connectivity index (χ4v) is 2.31. The molecule has 25 heavy (non-hydrogen) atoms. The van der Waals surface area contributed by atoms with E-state index < -0.39 is 0 Å². The lowest BCUT2D eigenvalue weighted by Crippen LogP contribution is -2.08. The molecule has 0 saturated carbocycles. The first kappa shape index (κ1) is 16.3. The summed E-state index contributed by atoms with van der Waals surface area (Å²) in [5, 5.41) is 29.5. The van der Waals surface area contributed by atoms with Crippen LogP contribution in [0.5, 0.6) is 11.5 Å². The minimum atomic E-state index is -0.230. The van der Waals surface area contributed by atoms with Crippen LogP contribution in [0.2, 0.25) is 0 Å². The average Bonchev–Trinajstić information content (AvgIpc) is 2.58. The summed E-state index contributed by atoms with van der Waals surface area (Å²) < 4.78 is 0. The number of hydrogen-bond donors (Lipinski definition) is 4. The van der Waals surface area contributed by atoms with E-state index in [9.17, 15) is 15.0 Å². The summed E-state index contributed by atoms with van der Waals surface area (Å²) in [7, 11) is 0. The molecule has 0 radical (unpaired) electrons. The smallest absolute Gasteiger partial charge is 0.264 e. The van der Waals surface area contributed by atoms with Crippen molar-refractivity contribution in [3.8, 4) is 22.8 Å². The highest BCUT2D eigenvalue weighted by Crippen LogP contribution is 2.22. The highest BCUT2D eigenvalue weighted by molar-refractivity contribution is 5.84. The Hall–Kier alpha value is -3.61. The summed E-state index contributed by atoms with van der Waals surface area (Å²) in [6.45, 7) is 1.83. The third-order valence-electron chi connectivity index (χ3n) is 3.57. The Morgan fingerprint density at radius 1 is 1.12 bits per heavy atom. The Morgan fingerprint density at radius 3 is 2.56 bits per heavy atom. The Labute approximate surface area is 143 Å². The van der Waals surface area contributed by atoms with Crippen molar-refractivity contribution in [2.24, 2.45) is 5.10 Å². The zero-order chi connectivity index (χ0) is 17.8. The number of aromatic nitrogens is 2. The lowest BCUT2D eigenvalue weighted by Gasteiger charge is -2.05. The minimum Gasteiger partial charge on any atom is -0.508 e. The van der Waals surface area contributed by atoms with Crippen LogP contribution in [-0.4, -0.2) is 26.6 Å². The number of aromatic amines is 1. The number of hydrazone groups is 1. The normalized spacial score (nSPS) is 10.9. The summed E-state index contributed by atoms with van der Waals surface area (Å²) in [4.78, 5) is 11.2. The van der Waals surface area contributed by atoms with Crippen LogP contribution < -0.4 is 11.0 Å². The van der Waals surface area contributed by atoms with E-state index in [0.29, 0.717) is 11.3 Å². The molecule has 0 aliphatic rings. The number of aromatic hydroxyl groups is 2. The van der Waals surface area contributed by atoms with Crippen LogP contribution in [0.1, 0.15) is 11.1 Å². The number of phenolic OH excluding ortho intramolecular Hbond substituents is 2. The van der Waals surface area contributed by atoms with Crippen LogP contribution in [0, 0.1) is 6.92 Å². The van der Waals surface area contributed by atoms with Crippen molar-refractivity contribution in [1.82, 2.24) is 10.2 Å². The molecule has 0 bridgehead atoms. The van der Waals surface area contributed by atoms with Crippen molar-refractivity contribution in [2.45, 2.75) is 6.92 Å². The predicted molar refractivity (Wildman–Crippen MR) is 96.0 cm³/mol. The van der Waals surface area contributed by atoms with Gasteiger partial charge in [-0.15, -0.1) is 0 Å². The Morgan fingerprint density at radius 2 is 1.88 bits per heavy atom. The summed E-state index contributed by atoms with van der Waals surface area (Å²) in [5.41, 5.74) is 6.24. The molecule has 3 aromatic rings. The highest BCUT2D eigenvalue weighted by Gasteiger charge is 2.04. The monoisotopic (exact) mass is 336 g/mol. The molecular weight excluding hydrogens is 320 g/mol. The van der Waals surface area contributed by atoms with Crippen molar-refractivity contribution in [1.29, 1.82) is 0 Å². The molecule has 0 saturated heterocycles. The van der Waals surface area contributed by atoms with Gasteiger partial charge < -0.3 is 10.2 Å². The maximum Gasteiger partial charge on any atom is 0.264 e. The van der Waals surface area contributed by atoms with E-state index in [1.54, 1.807) is 6.07 Å². The van der Waals surface area contributed by atoms with E-state index in [1.807, 2.05) is 31.2 Å². The van der Waals surface area contributed by atoms with E-state index in [0.717, 1.165) is 16.8 Å². The van der Waals surface area contributed by atoms with Gasteiger partial charge in [-0.05, 0) is 36.8 Å². The van der Waals surface area contributed by atoms with Gasteiger partial charge in [0, 0.05) is 23.3 Å². The zero-order valence-electron chi connectivity index (χ0n) is 13.4. The van der Waals surface area contributed by atoms with Crippen molar-refractivity contribution in [3.05, 3.63) is 70.0 Å². The summed E-state index contributed by atoms with van der Waals surface area (Å²) >= 11 is 0. The molecule has 0 spiro atoms. The molecular formula is C18H16N4O3. The van der Waals surface area contributed by atoms with Gasteiger partial charge in [-0.25, -0.2) is 5.10 Å². The molecule has 0 aliphatic heterocycles. The molecule has 4 N–H and O–H groups in total. The van der Waals surface area contributed by atoms with Crippen LogP contribution in [0.3, 0.4) is 0 Å². The minimum absolute atomic E-state index is 0.00985. The molecule has 0 unspecified atom stereocenters. The highest BCUT2D eigenvalue weighted by atomic mass is 16.3. The second kappa shape index (κ2) is 6.88. The fraction of sp³-hybridized carbons (Fsp3) is 0.0556. The maximum atomic E-state index is 11.2. The van der Waals surface area contributed by atoms with Crippen molar-refractivity contribution >= 4 is 11.9 Å². The van der Waals surface area contributed by atoms with Gasteiger partial charge in [0.2, 0.25) is 0 Å².